The Kier molecular flexibility index (Phi) is 99.5. The van der Waals surface area contributed by atoms with Gasteiger partial charge in [0.2, 0.25) is 0 Å². The monoisotopic (exact) mass is 133 g/mol. The number of hydrogen-bond acceptors (Lipinski definition) is 1. The first-order valence-corrected chi connectivity index (χ1v) is 0.707. The van der Waals surface area contributed by atoms with Gasteiger partial charge in [-0.05, 0) is 0 Å². The molecule has 0 rings (SSSR count). The summed E-state index contributed by atoms with van der Waals surface area (Å²) in [5.74, 6) is 0. The second kappa shape index (κ2) is 22.9. The van der Waals surface area contributed by atoms with Crippen LogP contribution in [0.4, 0.5) is 0 Å². The molecule has 0 heterocycles. The van der Waals surface area contributed by atoms with Gasteiger partial charge < -0.3 is 5.89 Å². The van der Waals surface area contributed by atoms with Gasteiger partial charge in [-0.3, -0.25) is 0 Å². The van der Waals surface area contributed by atoms with E-state index in [1.165, 1.54) is 10.1 Å². The standard InChI is InChI=1S/Na.HOSi.Zn.H/c;1-2;;/h;2H;;/q+1;;;-1. The van der Waals surface area contributed by atoms with Crippen LogP contribution < -0.4 is 29.6 Å². The molecule has 0 aliphatic rings. The summed E-state index contributed by atoms with van der Waals surface area (Å²) < 4.78 is 8.17. The van der Waals surface area contributed by atoms with E-state index in [9.17, 15) is 0 Å². The molecule has 0 spiro atoms. The molecule has 4 heteroatoms. The molecule has 1 nitrogen and oxygen atoms in total. The van der Waals surface area contributed by atoms with Gasteiger partial charge in [0, 0.05) is 19.5 Å². The largest absolute Gasteiger partial charge is 1.00 e. The average Bonchev–Trinajstić information content (AvgIpc) is 1.00. The molecule has 0 N–H and O–H groups in total. The van der Waals surface area contributed by atoms with E-state index < -0.39 is 0 Å². The van der Waals surface area contributed by atoms with Crippen molar-refractivity contribution in [2.45, 2.75) is 0 Å². The van der Waals surface area contributed by atoms with Crippen LogP contribution in [0.15, 0.2) is 0 Å². The molecule has 1 radical (unpaired) electrons. The Balaban J connectivity index is -0.00000000167. The molecule has 0 aromatic rings. The summed E-state index contributed by atoms with van der Waals surface area (Å²) in [6, 6.07) is 0. The molecule has 0 saturated heterocycles. The van der Waals surface area contributed by atoms with E-state index in [1.54, 1.807) is 0 Å². The van der Waals surface area contributed by atoms with Gasteiger partial charge in [0.25, 0.3) is 0 Å². The van der Waals surface area contributed by atoms with Crippen molar-refractivity contribution in [3.8, 4) is 0 Å². The summed E-state index contributed by atoms with van der Waals surface area (Å²) in [6.45, 7) is 0. The Morgan fingerprint density at radius 1 is 1.50 bits per heavy atom. The van der Waals surface area contributed by atoms with Crippen LogP contribution >= 0.6 is 0 Å². The van der Waals surface area contributed by atoms with E-state index in [4.69, 9.17) is 4.46 Å². The second-order valence-electron chi connectivity index (χ2n) is 0. The van der Waals surface area contributed by atoms with E-state index in [-0.39, 0.29) is 50.5 Å². The first-order chi connectivity index (χ1) is 1.00. The van der Waals surface area contributed by atoms with E-state index in [0.29, 0.717) is 0 Å². The molecular weight excluding hydrogens is 132 g/mol. The molecule has 0 atom stereocenters. The predicted octanol–water partition coefficient (Wildman–Crippen LogP) is -3.65. The van der Waals surface area contributed by atoms with Crippen LogP contribution in [-0.2, 0) is 23.9 Å². The molecule has 0 unspecified atom stereocenters. The maximum absolute atomic E-state index is 8.17. The van der Waals surface area contributed by atoms with E-state index in [2.05, 4.69) is 0 Å². The summed E-state index contributed by atoms with van der Waals surface area (Å²) in [6.07, 6.45) is 0. The van der Waals surface area contributed by atoms with Crippen molar-refractivity contribution in [3.63, 3.8) is 0 Å². The second-order valence-corrected chi connectivity index (χ2v) is 0. The molecule has 0 aromatic heterocycles. The van der Waals surface area contributed by atoms with Crippen molar-refractivity contribution in [2.75, 3.05) is 0 Å². The van der Waals surface area contributed by atoms with Gasteiger partial charge in [0.05, 0.1) is 0 Å². The maximum atomic E-state index is 8.17. The van der Waals surface area contributed by atoms with Crippen molar-refractivity contribution >= 4 is 10.1 Å². The van der Waals surface area contributed by atoms with Crippen molar-refractivity contribution in [2.24, 2.45) is 0 Å². The van der Waals surface area contributed by atoms with Gasteiger partial charge in [0.1, 0.15) is 0 Å². The zero-order chi connectivity index (χ0) is 2.00. The fourth-order valence-electron chi connectivity index (χ4n) is 0. The van der Waals surface area contributed by atoms with Crippen LogP contribution in [0, 0.1) is 0 Å². The number of hydrogen-bond donors (Lipinski definition) is 0. The smallest absolute Gasteiger partial charge is 1.00 e. The summed E-state index contributed by atoms with van der Waals surface area (Å²) in [5, 5.41) is 0. The molecule has 15 valence electrons. The molecule has 0 aliphatic carbocycles. The molecule has 4 heavy (non-hydrogen) atoms. The first kappa shape index (κ1) is 17.4. The van der Waals surface area contributed by atoms with Crippen LogP contribution in [0.3, 0.4) is 0 Å². The van der Waals surface area contributed by atoms with Crippen molar-refractivity contribution in [1.29, 1.82) is 0 Å². The molecule has 0 fully saturated rings. The van der Waals surface area contributed by atoms with E-state index in [0.717, 1.165) is 0 Å². The van der Waals surface area contributed by atoms with Crippen LogP contribution in [0.2, 0.25) is 0 Å². The van der Waals surface area contributed by atoms with E-state index in [1.807, 2.05) is 0 Å². The Morgan fingerprint density at radius 3 is 1.50 bits per heavy atom. The topological polar surface area (TPSA) is 17.1 Å². The molecule has 0 bridgehead atoms. The van der Waals surface area contributed by atoms with Gasteiger partial charge in [-0.1, -0.05) is 0 Å². The third kappa shape index (κ3) is 9.43. The minimum absolute atomic E-state index is 0. The van der Waals surface area contributed by atoms with Crippen LogP contribution in [-0.4, -0.2) is 10.1 Å². The van der Waals surface area contributed by atoms with Crippen LogP contribution in [0.25, 0.3) is 0 Å². The Labute approximate surface area is 64.6 Å². The van der Waals surface area contributed by atoms with Crippen molar-refractivity contribution in [3.05, 3.63) is 0 Å². The molecule has 0 aliphatic heterocycles. The zero-order valence-electron chi connectivity index (χ0n) is 3.69. The van der Waals surface area contributed by atoms with Gasteiger partial charge in [0.15, 0.2) is 0 Å². The SMILES string of the molecule is O=[SiH].[H-].[Na+].[Zn]. The fourth-order valence-corrected chi connectivity index (χ4v) is 0. The molecule has 0 amide bonds. The van der Waals surface area contributed by atoms with Gasteiger partial charge >= 0.3 is 39.7 Å². The van der Waals surface area contributed by atoms with Crippen molar-refractivity contribution in [1.82, 2.24) is 0 Å². The van der Waals surface area contributed by atoms with Gasteiger partial charge in [-0.2, -0.15) is 0 Å². The third-order valence-corrected chi connectivity index (χ3v) is 0. The summed E-state index contributed by atoms with van der Waals surface area (Å²) in [4.78, 5) is 0. The quantitative estimate of drug-likeness (QED) is 0.312. The first-order valence-electron chi connectivity index (χ1n) is 0.236. The van der Waals surface area contributed by atoms with Crippen molar-refractivity contribution < 1.29 is 54.9 Å². The van der Waals surface area contributed by atoms with Crippen LogP contribution in [0.5, 0.6) is 0 Å². The Hall–Kier alpha value is 1.64. The minimum Gasteiger partial charge on any atom is -1.00 e. The number of rotatable bonds is 0. The summed E-state index contributed by atoms with van der Waals surface area (Å²) in [7, 11) is 1.17. The molecule has 0 aromatic carbocycles. The third-order valence-electron chi connectivity index (χ3n) is 0. The van der Waals surface area contributed by atoms with Crippen LogP contribution in [0.1, 0.15) is 1.43 Å². The van der Waals surface area contributed by atoms with Gasteiger partial charge in [-0.25, -0.2) is 0 Å². The fraction of sp³-hybridized carbons (Fsp3) is 0. The Bertz CT molecular complexity index is 11.6. The summed E-state index contributed by atoms with van der Waals surface area (Å²) >= 11 is 0. The van der Waals surface area contributed by atoms with Gasteiger partial charge in [-0.15, -0.1) is 0 Å². The Morgan fingerprint density at radius 2 is 1.50 bits per heavy atom. The molecular formula is H2NaOSiZn. The van der Waals surface area contributed by atoms with E-state index >= 15 is 0 Å². The summed E-state index contributed by atoms with van der Waals surface area (Å²) in [5.41, 5.74) is 0. The normalized spacial score (nSPS) is 1.00. The predicted molar refractivity (Wildman–Crippen MR) is 8.95 cm³/mol. The molecule has 0 saturated carbocycles. The zero-order valence-corrected chi connectivity index (χ0v) is 8.81. The average molecular weight is 134 g/mol. The maximum Gasteiger partial charge on any atom is 1.00 e. The minimum atomic E-state index is 0.